The summed E-state index contributed by atoms with van der Waals surface area (Å²) in [4.78, 5) is 34.6. The molecule has 3 aromatic rings. The Morgan fingerprint density at radius 1 is 1.07 bits per heavy atom. The summed E-state index contributed by atoms with van der Waals surface area (Å²) in [5, 5.41) is 12.7. The summed E-state index contributed by atoms with van der Waals surface area (Å²) in [6.07, 6.45) is 1.18. The van der Waals surface area contributed by atoms with Gasteiger partial charge in [-0.15, -0.1) is 0 Å². The highest BCUT2D eigenvalue weighted by molar-refractivity contribution is 5.82. The van der Waals surface area contributed by atoms with Gasteiger partial charge in [0.1, 0.15) is 17.6 Å². The number of nitrogens with one attached hydrogen (secondary N) is 1. The standard InChI is InChI=1S/C21H19NO8/c1-2-27-15-5-3-4-6-16(15)30-18-11-29-17-9-13(7-8-14(17)21(18)26)28-12-19(23)22-10-20(24)25/h3-9,11H,2,10,12H2,1H3,(H,22,23)(H,24,25)/p-1. The topological polar surface area (TPSA) is 127 Å². The van der Waals surface area contributed by atoms with Crippen LogP contribution in [-0.4, -0.2) is 31.6 Å². The molecule has 0 aliphatic heterocycles. The maximum atomic E-state index is 12.7. The zero-order chi connectivity index (χ0) is 21.5. The number of carboxylic acids is 1. The van der Waals surface area contributed by atoms with Crippen LogP contribution in [-0.2, 0) is 9.59 Å². The summed E-state index contributed by atoms with van der Waals surface area (Å²) >= 11 is 0. The fourth-order valence-corrected chi connectivity index (χ4v) is 2.55. The van der Waals surface area contributed by atoms with Gasteiger partial charge in [0.05, 0.1) is 24.5 Å². The zero-order valence-electron chi connectivity index (χ0n) is 16.0. The molecule has 3 rings (SSSR count). The molecule has 1 heterocycles. The van der Waals surface area contributed by atoms with Gasteiger partial charge in [0.25, 0.3) is 5.91 Å². The van der Waals surface area contributed by atoms with Crippen molar-refractivity contribution in [3.63, 3.8) is 0 Å². The van der Waals surface area contributed by atoms with Crippen LogP contribution < -0.4 is 30.1 Å². The highest BCUT2D eigenvalue weighted by Crippen LogP contribution is 2.31. The zero-order valence-corrected chi connectivity index (χ0v) is 16.0. The van der Waals surface area contributed by atoms with Crippen molar-refractivity contribution in [2.45, 2.75) is 6.92 Å². The highest BCUT2D eigenvalue weighted by Gasteiger charge is 2.13. The van der Waals surface area contributed by atoms with E-state index in [1.54, 1.807) is 24.3 Å². The number of carbonyl (C=O) groups is 2. The minimum atomic E-state index is -1.40. The van der Waals surface area contributed by atoms with E-state index < -0.39 is 25.0 Å². The smallest absolute Gasteiger partial charge is 0.258 e. The maximum Gasteiger partial charge on any atom is 0.258 e. The molecule has 1 N–H and O–H groups in total. The molecule has 0 bridgehead atoms. The van der Waals surface area contributed by atoms with Crippen LogP contribution >= 0.6 is 0 Å². The molecule has 156 valence electrons. The molecule has 1 aromatic heterocycles. The number of hydrogen-bond donors (Lipinski definition) is 1. The van der Waals surface area contributed by atoms with Gasteiger partial charge in [-0.1, -0.05) is 12.1 Å². The SMILES string of the molecule is CCOc1ccccc1Oc1coc2cc(OCC(=O)NCC(=O)[O-])ccc2c1=O. The van der Waals surface area contributed by atoms with E-state index in [0.29, 0.717) is 18.1 Å². The lowest BCUT2D eigenvalue weighted by Gasteiger charge is -2.11. The Hall–Kier alpha value is -4.01. The third-order valence-corrected chi connectivity index (χ3v) is 3.88. The van der Waals surface area contributed by atoms with Crippen LogP contribution in [0.2, 0.25) is 0 Å². The lowest BCUT2D eigenvalue weighted by Crippen LogP contribution is -2.39. The Bertz CT molecular complexity index is 1120. The second-order valence-corrected chi connectivity index (χ2v) is 6.01. The predicted octanol–water partition coefficient (Wildman–Crippen LogP) is 1.23. The fraction of sp³-hybridized carbons (Fsp3) is 0.190. The van der Waals surface area contributed by atoms with Crippen molar-refractivity contribution >= 4 is 22.8 Å². The fourth-order valence-electron chi connectivity index (χ4n) is 2.55. The van der Waals surface area contributed by atoms with E-state index >= 15 is 0 Å². The van der Waals surface area contributed by atoms with Gasteiger partial charge in [0.15, 0.2) is 18.1 Å². The largest absolute Gasteiger partial charge is 0.548 e. The Kier molecular flexibility index (Phi) is 6.53. The van der Waals surface area contributed by atoms with Gasteiger partial charge in [-0.2, -0.15) is 0 Å². The molecule has 1 amide bonds. The highest BCUT2D eigenvalue weighted by atomic mass is 16.5. The summed E-state index contributed by atoms with van der Waals surface area (Å²) in [5.74, 6) is -0.890. The van der Waals surface area contributed by atoms with Crippen LogP contribution in [0.3, 0.4) is 0 Å². The summed E-state index contributed by atoms with van der Waals surface area (Å²) in [6.45, 7) is 1.27. The van der Waals surface area contributed by atoms with Crippen LogP contribution in [0.1, 0.15) is 6.92 Å². The van der Waals surface area contributed by atoms with Crippen molar-refractivity contribution in [3.05, 3.63) is 59.0 Å². The monoisotopic (exact) mass is 412 g/mol. The van der Waals surface area contributed by atoms with E-state index in [4.69, 9.17) is 18.6 Å². The van der Waals surface area contributed by atoms with E-state index in [2.05, 4.69) is 5.32 Å². The molecule has 0 radical (unpaired) electrons. The average molecular weight is 412 g/mol. The molecule has 0 aliphatic carbocycles. The van der Waals surface area contributed by atoms with E-state index in [0.717, 1.165) is 0 Å². The number of amides is 1. The second-order valence-electron chi connectivity index (χ2n) is 6.01. The number of carbonyl (C=O) groups excluding carboxylic acids is 2. The van der Waals surface area contributed by atoms with Crippen molar-refractivity contribution in [2.75, 3.05) is 19.8 Å². The number of hydrogen-bond acceptors (Lipinski definition) is 8. The number of ether oxygens (including phenoxy) is 3. The van der Waals surface area contributed by atoms with Crippen molar-refractivity contribution < 1.29 is 33.3 Å². The molecule has 0 atom stereocenters. The molecule has 0 spiro atoms. The van der Waals surface area contributed by atoms with Crippen molar-refractivity contribution in [1.29, 1.82) is 0 Å². The summed E-state index contributed by atoms with van der Waals surface area (Å²) in [6, 6.07) is 11.4. The van der Waals surface area contributed by atoms with Crippen molar-refractivity contribution in [2.24, 2.45) is 0 Å². The van der Waals surface area contributed by atoms with E-state index in [-0.39, 0.29) is 27.9 Å². The number of rotatable bonds is 9. The van der Waals surface area contributed by atoms with Gasteiger partial charge in [-0.25, -0.2) is 0 Å². The van der Waals surface area contributed by atoms with Crippen molar-refractivity contribution in [1.82, 2.24) is 5.32 Å². The Balaban J connectivity index is 1.76. The average Bonchev–Trinajstić information content (AvgIpc) is 2.74. The number of aliphatic carboxylic acids is 1. The van der Waals surface area contributed by atoms with Gasteiger partial charge in [-0.05, 0) is 31.2 Å². The van der Waals surface area contributed by atoms with Crippen LogP contribution in [0, 0.1) is 0 Å². The number of carboxylic acid groups (broad SMARTS) is 1. The minimum absolute atomic E-state index is 0.00928. The number of para-hydroxylation sites is 2. The summed E-state index contributed by atoms with van der Waals surface area (Å²) in [5.41, 5.74) is -0.154. The molecule has 30 heavy (non-hydrogen) atoms. The van der Waals surface area contributed by atoms with Crippen LogP contribution in [0.25, 0.3) is 11.0 Å². The maximum absolute atomic E-state index is 12.7. The summed E-state index contributed by atoms with van der Waals surface area (Å²) < 4.78 is 21.9. The van der Waals surface area contributed by atoms with Crippen LogP contribution in [0.4, 0.5) is 0 Å². The normalized spacial score (nSPS) is 10.4. The number of fused-ring (bicyclic) bond motifs is 1. The molecule has 2 aromatic carbocycles. The van der Waals surface area contributed by atoms with E-state index in [1.165, 1.54) is 24.5 Å². The number of benzene rings is 2. The molecular weight excluding hydrogens is 394 g/mol. The Morgan fingerprint density at radius 3 is 2.57 bits per heavy atom. The van der Waals surface area contributed by atoms with Gasteiger partial charge < -0.3 is 33.8 Å². The minimum Gasteiger partial charge on any atom is -0.548 e. The van der Waals surface area contributed by atoms with Crippen molar-refractivity contribution in [3.8, 4) is 23.0 Å². The Morgan fingerprint density at radius 2 is 1.83 bits per heavy atom. The van der Waals surface area contributed by atoms with Gasteiger partial charge in [0, 0.05) is 6.07 Å². The van der Waals surface area contributed by atoms with E-state index in [1.807, 2.05) is 6.92 Å². The Labute approximate surface area is 170 Å². The van der Waals surface area contributed by atoms with Gasteiger partial charge in [0.2, 0.25) is 11.2 Å². The molecule has 9 heteroatoms. The quantitative estimate of drug-likeness (QED) is 0.556. The molecule has 0 saturated heterocycles. The molecular formula is C21H18NO8-. The van der Waals surface area contributed by atoms with Gasteiger partial charge in [-0.3, -0.25) is 9.59 Å². The van der Waals surface area contributed by atoms with E-state index in [9.17, 15) is 19.5 Å². The molecule has 0 aliphatic rings. The first kappa shape index (κ1) is 20.7. The molecule has 0 fully saturated rings. The lowest BCUT2D eigenvalue weighted by molar-refractivity contribution is -0.304. The lowest BCUT2D eigenvalue weighted by atomic mass is 10.2. The van der Waals surface area contributed by atoms with Crippen LogP contribution in [0.15, 0.2) is 57.9 Å². The van der Waals surface area contributed by atoms with Crippen LogP contribution in [0.5, 0.6) is 23.0 Å². The first-order valence-electron chi connectivity index (χ1n) is 9.02. The predicted molar refractivity (Wildman–Crippen MR) is 104 cm³/mol. The van der Waals surface area contributed by atoms with Gasteiger partial charge >= 0.3 is 0 Å². The third-order valence-electron chi connectivity index (χ3n) is 3.88. The molecule has 9 nitrogen and oxygen atoms in total. The third kappa shape index (κ3) is 5.07. The summed E-state index contributed by atoms with van der Waals surface area (Å²) in [7, 11) is 0. The first-order chi connectivity index (χ1) is 14.5. The second kappa shape index (κ2) is 9.46. The molecule has 0 unspecified atom stereocenters. The molecule has 0 saturated carbocycles. The first-order valence-corrected chi connectivity index (χ1v) is 9.02.